The first kappa shape index (κ1) is 19.6. The molecule has 2 heterocycles. The zero-order valence-corrected chi connectivity index (χ0v) is 17.9. The molecule has 0 fully saturated rings. The van der Waals surface area contributed by atoms with Gasteiger partial charge in [-0.2, -0.15) is 0 Å². The summed E-state index contributed by atoms with van der Waals surface area (Å²) in [5, 5.41) is 12.6. The molecule has 4 nitrogen and oxygen atoms in total. The number of thioether (sulfide) groups is 1. The third-order valence-corrected chi connectivity index (χ3v) is 7.73. The average molecular weight is 470 g/mol. The maximum atomic E-state index is 13.7. The largest absolute Gasteiger partial charge is 0.296 e. The van der Waals surface area contributed by atoms with Gasteiger partial charge in [0.05, 0.1) is 10.0 Å². The van der Waals surface area contributed by atoms with Crippen LogP contribution >= 0.6 is 57.6 Å². The lowest BCUT2D eigenvalue weighted by Crippen LogP contribution is -2.10. The molecular weight excluding hydrogens is 460 g/mol. The molecule has 4 aromatic rings. The highest BCUT2D eigenvalue weighted by Crippen LogP contribution is 2.40. The fourth-order valence-electron chi connectivity index (χ4n) is 2.44. The molecule has 4 rings (SSSR count). The fraction of sp³-hybridized carbons (Fsp3) is 0.0556. The van der Waals surface area contributed by atoms with E-state index in [0.717, 1.165) is 4.70 Å². The first-order valence-electron chi connectivity index (χ1n) is 7.90. The van der Waals surface area contributed by atoms with Gasteiger partial charge in [-0.1, -0.05) is 70.6 Å². The van der Waals surface area contributed by atoms with Crippen LogP contribution in [0.4, 0.5) is 9.52 Å². The Bertz CT molecular complexity index is 1180. The zero-order valence-electron chi connectivity index (χ0n) is 13.9. The molecule has 0 aliphatic carbocycles. The van der Waals surface area contributed by atoms with Gasteiger partial charge in [-0.05, 0) is 23.8 Å². The number of rotatable bonds is 5. The second-order valence-corrected chi connectivity index (χ2v) is 9.60. The van der Waals surface area contributed by atoms with Gasteiger partial charge in [0, 0.05) is 15.8 Å². The number of aromatic nitrogens is 2. The Balaban J connectivity index is 1.47. The molecule has 0 unspecified atom stereocenters. The van der Waals surface area contributed by atoms with Crippen molar-refractivity contribution in [1.29, 1.82) is 0 Å². The maximum absolute atomic E-state index is 13.7. The summed E-state index contributed by atoms with van der Waals surface area (Å²) in [4.78, 5) is 13.0. The second-order valence-electron chi connectivity index (χ2n) is 5.57. The van der Waals surface area contributed by atoms with Gasteiger partial charge in [-0.3, -0.25) is 10.1 Å². The van der Waals surface area contributed by atoms with E-state index in [1.807, 2.05) is 12.1 Å². The van der Waals surface area contributed by atoms with E-state index in [1.165, 1.54) is 40.5 Å². The standard InChI is InChI=1S/C18H10Cl2FN3OS3/c19-10-5-3-7-12-13(10)14(20)15(27-12)16(25)22-17-23-24-18(28-17)26-8-9-4-1-2-6-11(9)21/h1-7H,8H2,(H,22,23,25). The van der Waals surface area contributed by atoms with Crippen LogP contribution in [0.3, 0.4) is 0 Å². The Labute approximate surface area is 181 Å². The highest BCUT2D eigenvalue weighted by atomic mass is 35.5. The Morgan fingerprint density at radius 2 is 1.93 bits per heavy atom. The van der Waals surface area contributed by atoms with E-state index in [1.54, 1.807) is 24.3 Å². The van der Waals surface area contributed by atoms with Crippen LogP contribution in [-0.4, -0.2) is 16.1 Å². The van der Waals surface area contributed by atoms with Crippen molar-refractivity contribution in [3.8, 4) is 0 Å². The molecule has 0 bridgehead atoms. The van der Waals surface area contributed by atoms with Crippen LogP contribution in [0.5, 0.6) is 0 Å². The Hall–Kier alpha value is -1.71. The number of thiophene rings is 1. The highest BCUT2D eigenvalue weighted by molar-refractivity contribution is 8.00. The van der Waals surface area contributed by atoms with Gasteiger partial charge in [-0.25, -0.2) is 4.39 Å². The number of hydrogen-bond acceptors (Lipinski definition) is 6. The number of carbonyl (C=O) groups excluding carboxylic acids is 1. The number of fused-ring (bicyclic) bond motifs is 1. The van der Waals surface area contributed by atoms with Gasteiger partial charge in [0.2, 0.25) is 5.13 Å². The topological polar surface area (TPSA) is 54.9 Å². The van der Waals surface area contributed by atoms with Crippen molar-refractivity contribution in [2.45, 2.75) is 10.1 Å². The third-order valence-electron chi connectivity index (χ3n) is 3.75. The molecule has 0 saturated heterocycles. The minimum atomic E-state index is -0.371. The van der Waals surface area contributed by atoms with Crippen LogP contribution < -0.4 is 5.32 Å². The Morgan fingerprint density at radius 1 is 1.11 bits per heavy atom. The molecule has 0 aliphatic heterocycles. The van der Waals surface area contributed by atoms with Gasteiger partial charge >= 0.3 is 0 Å². The predicted octanol–water partition coefficient (Wildman–Crippen LogP) is 6.74. The van der Waals surface area contributed by atoms with Gasteiger partial charge < -0.3 is 0 Å². The molecule has 0 aliphatic rings. The monoisotopic (exact) mass is 469 g/mol. The first-order chi connectivity index (χ1) is 13.5. The van der Waals surface area contributed by atoms with Crippen molar-refractivity contribution in [2.75, 3.05) is 5.32 Å². The Kier molecular flexibility index (Phi) is 5.84. The molecule has 142 valence electrons. The summed E-state index contributed by atoms with van der Waals surface area (Å²) in [6.07, 6.45) is 0. The van der Waals surface area contributed by atoms with Gasteiger partial charge in [0.25, 0.3) is 5.91 Å². The van der Waals surface area contributed by atoms with Crippen molar-refractivity contribution >= 4 is 78.8 Å². The van der Waals surface area contributed by atoms with Gasteiger partial charge in [0.1, 0.15) is 10.7 Å². The first-order valence-corrected chi connectivity index (χ1v) is 11.3. The molecule has 0 spiro atoms. The number of nitrogens with one attached hydrogen (secondary N) is 1. The summed E-state index contributed by atoms with van der Waals surface area (Å²) < 4.78 is 15.2. The summed E-state index contributed by atoms with van der Waals surface area (Å²) in [6.45, 7) is 0. The van der Waals surface area contributed by atoms with Crippen LogP contribution in [0.1, 0.15) is 15.2 Å². The van der Waals surface area contributed by atoms with E-state index < -0.39 is 0 Å². The summed E-state index contributed by atoms with van der Waals surface area (Å²) >= 11 is 16.4. The van der Waals surface area contributed by atoms with E-state index >= 15 is 0 Å². The molecule has 2 aromatic heterocycles. The van der Waals surface area contributed by atoms with Gasteiger partial charge in [0.15, 0.2) is 4.34 Å². The van der Waals surface area contributed by atoms with E-state index in [-0.39, 0.29) is 11.7 Å². The van der Waals surface area contributed by atoms with E-state index in [0.29, 0.717) is 41.1 Å². The number of benzene rings is 2. The lowest BCUT2D eigenvalue weighted by Gasteiger charge is -2.00. The zero-order chi connectivity index (χ0) is 19.7. The summed E-state index contributed by atoms with van der Waals surface area (Å²) in [6, 6.07) is 12.0. The quantitative estimate of drug-likeness (QED) is 0.259. The van der Waals surface area contributed by atoms with Crippen LogP contribution in [0.15, 0.2) is 46.8 Å². The van der Waals surface area contributed by atoms with Crippen LogP contribution in [0, 0.1) is 5.82 Å². The molecule has 10 heteroatoms. The van der Waals surface area contributed by atoms with Crippen molar-refractivity contribution < 1.29 is 9.18 Å². The summed E-state index contributed by atoms with van der Waals surface area (Å²) in [7, 11) is 0. The SMILES string of the molecule is O=C(Nc1nnc(SCc2ccccc2F)s1)c1sc2cccc(Cl)c2c1Cl. The molecule has 2 aromatic carbocycles. The van der Waals surface area contributed by atoms with Gasteiger partial charge in [-0.15, -0.1) is 21.5 Å². The lowest BCUT2D eigenvalue weighted by molar-refractivity contribution is 0.103. The minimum Gasteiger partial charge on any atom is -0.296 e. The lowest BCUT2D eigenvalue weighted by atomic mass is 10.2. The van der Waals surface area contributed by atoms with E-state index in [2.05, 4.69) is 15.5 Å². The van der Waals surface area contributed by atoms with Crippen molar-refractivity contribution in [3.05, 3.63) is 68.8 Å². The molecule has 0 saturated carbocycles. The molecule has 1 N–H and O–H groups in total. The molecular formula is C18H10Cl2FN3OS3. The minimum absolute atomic E-state index is 0.258. The molecule has 28 heavy (non-hydrogen) atoms. The highest BCUT2D eigenvalue weighted by Gasteiger charge is 2.20. The van der Waals surface area contributed by atoms with Crippen LogP contribution in [-0.2, 0) is 5.75 Å². The number of hydrogen-bond donors (Lipinski definition) is 1. The number of anilines is 1. The Morgan fingerprint density at radius 3 is 2.71 bits per heavy atom. The number of amides is 1. The normalized spacial score (nSPS) is 11.1. The number of carbonyl (C=O) groups is 1. The summed E-state index contributed by atoms with van der Waals surface area (Å²) in [5.41, 5.74) is 0.585. The van der Waals surface area contributed by atoms with Crippen LogP contribution in [0.25, 0.3) is 10.1 Å². The fourth-order valence-corrected chi connectivity index (χ4v) is 6.03. The van der Waals surface area contributed by atoms with E-state index in [9.17, 15) is 9.18 Å². The van der Waals surface area contributed by atoms with Crippen LogP contribution in [0.2, 0.25) is 10.0 Å². The number of nitrogens with zero attached hydrogens (tertiary/aromatic N) is 2. The smallest absolute Gasteiger partial charge is 0.269 e. The molecule has 0 atom stereocenters. The second kappa shape index (κ2) is 8.34. The molecule has 0 radical (unpaired) electrons. The van der Waals surface area contributed by atoms with E-state index in [4.69, 9.17) is 23.2 Å². The number of halogens is 3. The third kappa shape index (κ3) is 4.01. The van der Waals surface area contributed by atoms with Crippen molar-refractivity contribution in [1.82, 2.24) is 10.2 Å². The predicted molar refractivity (Wildman–Crippen MR) is 116 cm³/mol. The van der Waals surface area contributed by atoms with Crippen molar-refractivity contribution in [2.24, 2.45) is 0 Å². The summed E-state index contributed by atoms with van der Waals surface area (Å²) in [5.74, 6) is -0.203. The van der Waals surface area contributed by atoms with Crippen molar-refractivity contribution in [3.63, 3.8) is 0 Å². The maximum Gasteiger partial charge on any atom is 0.269 e. The molecule has 1 amide bonds. The average Bonchev–Trinajstić information content (AvgIpc) is 3.26.